The molecule has 0 heterocycles. The van der Waals surface area contributed by atoms with Gasteiger partial charge in [0.05, 0.1) is 15.6 Å². The molecule has 2 aliphatic carbocycles. The van der Waals surface area contributed by atoms with Crippen LogP contribution in [0, 0.1) is 11.3 Å². The van der Waals surface area contributed by atoms with E-state index >= 15 is 0 Å². The van der Waals surface area contributed by atoms with Gasteiger partial charge in [-0.15, -0.1) is 0 Å². The molecule has 172 valence electrons. The number of benzene rings is 2. The van der Waals surface area contributed by atoms with Gasteiger partial charge in [0.15, 0.2) is 0 Å². The smallest absolute Gasteiger partial charge is 0.254 e. The van der Waals surface area contributed by atoms with Gasteiger partial charge in [-0.05, 0) is 77.2 Å². The van der Waals surface area contributed by atoms with Crippen molar-refractivity contribution in [3.05, 3.63) is 67.7 Å². The van der Waals surface area contributed by atoms with Crippen molar-refractivity contribution < 1.29 is 4.79 Å². The largest absolute Gasteiger partial charge is 0.351 e. The summed E-state index contributed by atoms with van der Waals surface area (Å²) in [5, 5.41) is 4.15. The number of fused-ring (bicyclic) bond motifs is 3. The lowest BCUT2D eigenvalue weighted by Gasteiger charge is -2.55. The van der Waals surface area contributed by atoms with Gasteiger partial charge in [0, 0.05) is 11.6 Å². The third-order valence-electron chi connectivity index (χ3n) is 8.05. The number of nitrogens with one attached hydrogen (secondary N) is 1. The fraction of sp³-hybridized carbons (Fsp3) is 0.519. The van der Waals surface area contributed by atoms with Gasteiger partial charge in [-0.2, -0.15) is 0 Å². The van der Waals surface area contributed by atoms with E-state index in [4.69, 9.17) is 34.8 Å². The Balaban J connectivity index is 1.58. The molecule has 32 heavy (non-hydrogen) atoms. The Labute approximate surface area is 207 Å². The molecule has 1 fully saturated rings. The summed E-state index contributed by atoms with van der Waals surface area (Å²) in [6.07, 6.45) is 5.72. The molecule has 1 amide bonds. The molecular weight excluding hydrogens is 461 g/mol. The Kier molecular flexibility index (Phi) is 6.62. The molecule has 1 N–H and O–H groups in total. The van der Waals surface area contributed by atoms with Crippen molar-refractivity contribution >= 4 is 40.7 Å². The molecule has 0 radical (unpaired) electrons. The van der Waals surface area contributed by atoms with Crippen molar-refractivity contribution in [1.29, 1.82) is 0 Å². The minimum absolute atomic E-state index is 0.0163. The average Bonchev–Trinajstić information content (AvgIpc) is 2.71. The second-order valence-electron chi connectivity index (χ2n) is 10.5. The minimum Gasteiger partial charge on any atom is -0.351 e. The zero-order valence-corrected chi connectivity index (χ0v) is 21.6. The van der Waals surface area contributed by atoms with Crippen LogP contribution in [-0.4, -0.2) is 12.5 Å². The summed E-state index contributed by atoms with van der Waals surface area (Å²) in [5.41, 5.74) is 4.91. The maximum Gasteiger partial charge on any atom is 0.254 e. The lowest BCUT2D eigenvalue weighted by molar-refractivity contribution is 0.0254. The number of halogens is 3. The molecule has 0 unspecified atom stereocenters. The molecular formula is C27H32Cl3NO. The number of aryl methyl sites for hydroxylation is 1. The van der Waals surface area contributed by atoms with Crippen LogP contribution in [0.3, 0.4) is 0 Å². The highest BCUT2D eigenvalue weighted by Crippen LogP contribution is 2.57. The molecule has 2 aromatic rings. The van der Waals surface area contributed by atoms with Crippen molar-refractivity contribution in [1.82, 2.24) is 5.32 Å². The van der Waals surface area contributed by atoms with Crippen LogP contribution < -0.4 is 5.32 Å². The lowest BCUT2D eigenvalue weighted by Crippen LogP contribution is -2.53. The van der Waals surface area contributed by atoms with Crippen LogP contribution in [0.1, 0.15) is 86.3 Å². The number of amides is 1. The summed E-state index contributed by atoms with van der Waals surface area (Å²) in [7, 11) is 0. The van der Waals surface area contributed by atoms with Crippen LogP contribution in [0.15, 0.2) is 30.3 Å². The molecule has 2 aromatic carbocycles. The van der Waals surface area contributed by atoms with Crippen LogP contribution in [0.4, 0.5) is 0 Å². The molecule has 0 aromatic heterocycles. The molecule has 2 nitrogen and oxygen atoms in total. The molecule has 4 rings (SSSR count). The van der Waals surface area contributed by atoms with Gasteiger partial charge in [-0.1, -0.05) is 87.1 Å². The van der Waals surface area contributed by atoms with Crippen LogP contribution in [0.5, 0.6) is 0 Å². The average molecular weight is 493 g/mol. The first-order valence-corrected chi connectivity index (χ1v) is 12.7. The van der Waals surface area contributed by atoms with Crippen molar-refractivity contribution in [2.45, 2.75) is 71.1 Å². The van der Waals surface area contributed by atoms with Crippen LogP contribution in [0.25, 0.3) is 0 Å². The van der Waals surface area contributed by atoms with E-state index in [2.05, 4.69) is 51.2 Å². The normalized spacial score (nSPS) is 27.1. The topological polar surface area (TPSA) is 29.1 Å². The van der Waals surface area contributed by atoms with Crippen LogP contribution >= 0.6 is 34.8 Å². The minimum atomic E-state index is -0.233. The fourth-order valence-corrected chi connectivity index (χ4v) is 7.33. The molecule has 2 aliphatic rings. The van der Waals surface area contributed by atoms with Crippen molar-refractivity contribution in [2.24, 2.45) is 11.3 Å². The zero-order chi connectivity index (χ0) is 23.3. The van der Waals surface area contributed by atoms with Gasteiger partial charge in [-0.3, -0.25) is 4.79 Å². The van der Waals surface area contributed by atoms with E-state index in [1.54, 1.807) is 12.1 Å². The summed E-state index contributed by atoms with van der Waals surface area (Å²) < 4.78 is 0. The van der Waals surface area contributed by atoms with Gasteiger partial charge in [0.25, 0.3) is 5.91 Å². The summed E-state index contributed by atoms with van der Waals surface area (Å²) >= 11 is 18.6. The summed E-state index contributed by atoms with van der Waals surface area (Å²) in [6, 6.07) is 10.3. The van der Waals surface area contributed by atoms with Gasteiger partial charge >= 0.3 is 0 Å². The van der Waals surface area contributed by atoms with E-state index < -0.39 is 0 Å². The predicted octanol–water partition coefficient (Wildman–Crippen LogP) is 8.21. The van der Waals surface area contributed by atoms with Gasteiger partial charge < -0.3 is 5.32 Å². The summed E-state index contributed by atoms with van der Waals surface area (Å²) in [5.74, 6) is 0.824. The number of hydrogen-bond donors (Lipinski definition) is 1. The van der Waals surface area contributed by atoms with Crippen molar-refractivity contribution in [3.63, 3.8) is 0 Å². The molecule has 0 saturated heterocycles. The van der Waals surface area contributed by atoms with E-state index in [1.165, 1.54) is 23.1 Å². The Morgan fingerprint density at radius 3 is 2.44 bits per heavy atom. The van der Waals surface area contributed by atoms with E-state index in [1.807, 2.05) is 0 Å². The maximum atomic E-state index is 13.0. The second kappa shape index (κ2) is 8.85. The Hall–Kier alpha value is -1.22. The van der Waals surface area contributed by atoms with Crippen molar-refractivity contribution in [3.8, 4) is 0 Å². The summed E-state index contributed by atoms with van der Waals surface area (Å²) in [6.45, 7) is 9.91. The van der Waals surface area contributed by atoms with E-state index in [-0.39, 0.29) is 26.8 Å². The third-order valence-corrected chi connectivity index (χ3v) is 8.87. The summed E-state index contributed by atoms with van der Waals surface area (Å²) in [4.78, 5) is 13.0. The third kappa shape index (κ3) is 4.19. The Bertz CT molecular complexity index is 1030. The number of carbonyl (C=O) groups is 1. The zero-order valence-electron chi connectivity index (χ0n) is 19.3. The van der Waals surface area contributed by atoms with E-state index in [0.29, 0.717) is 29.0 Å². The highest BCUT2D eigenvalue weighted by molar-refractivity contribution is 6.42. The van der Waals surface area contributed by atoms with Crippen molar-refractivity contribution in [2.75, 3.05) is 6.54 Å². The maximum absolute atomic E-state index is 13.0. The quantitative estimate of drug-likeness (QED) is 0.457. The van der Waals surface area contributed by atoms with Crippen LogP contribution in [-0.2, 0) is 11.8 Å². The Morgan fingerprint density at radius 2 is 1.78 bits per heavy atom. The number of hydrogen-bond acceptors (Lipinski definition) is 1. The molecule has 0 aliphatic heterocycles. The standard InChI is InChI=1S/C27H32Cl3NO/c1-16(2)17-6-8-20-18(12-17)7-9-23-26(3,10-5-11-27(20,23)4)15-31-25(32)24-21(29)13-19(28)14-22(24)30/h6,8,12-14,16,23H,5,7,9-11,15H2,1-4H3,(H,31,32)/t23-,26-,27+/m0/s1. The van der Waals surface area contributed by atoms with E-state index in [9.17, 15) is 4.79 Å². The number of rotatable bonds is 4. The predicted molar refractivity (Wildman–Crippen MR) is 135 cm³/mol. The monoisotopic (exact) mass is 491 g/mol. The molecule has 3 atom stereocenters. The first-order valence-electron chi connectivity index (χ1n) is 11.6. The van der Waals surface area contributed by atoms with Gasteiger partial charge in [0.1, 0.15) is 0 Å². The number of carbonyl (C=O) groups excluding carboxylic acids is 1. The van der Waals surface area contributed by atoms with Crippen LogP contribution in [0.2, 0.25) is 15.1 Å². The second-order valence-corrected chi connectivity index (χ2v) is 11.8. The SMILES string of the molecule is CC(C)c1ccc2c(c1)CC[C@H]1[C@](C)(CNC(=O)c3c(Cl)cc(Cl)cc3Cl)CCC[C@]21C. The molecule has 0 bridgehead atoms. The Morgan fingerprint density at radius 1 is 1.09 bits per heavy atom. The van der Waals surface area contributed by atoms with Gasteiger partial charge in [0.2, 0.25) is 0 Å². The highest BCUT2D eigenvalue weighted by atomic mass is 35.5. The lowest BCUT2D eigenvalue weighted by atomic mass is 9.49. The van der Waals surface area contributed by atoms with E-state index in [0.717, 1.165) is 25.7 Å². The highest BCUT2D eigenvalue weighted by Gasteiger charge is 2.51. The first kappa shape index (κ1) is 23.9. The molecule has 1 saturated carbocycles. The molecule has 0 spiro atoms. The van der Waals surface area contributed by atoms with Gasteiger partial charge in [-0.25, -0.2) is 0 Å². The fourth-order valence-electron chi connectivity index (χ4n) is 6.34. The molecule has 5 heteroatoms. The first-order chi connectivity index (χ1) is 15.0.